The van der Waals surface area contributed by atoms with Gasteiger partial charge in [-0.25, -0.2) is 4.98 Å². The van der Waals surface area contributed by atoms with Crippen LogP contribution in [0.25, 0.3) is 0 Å². The minimum absolute atomic E-state index is 0.0542. The van der Waals surface area contributed by atoms with Gasteiger partial charge in [0.1, 0.15) is 5.69 Å². The zero-order valence-electron chi connectivity index (χ0n) is 13.8. The highest BCUT2D eigenvalue weighted by atomic mass is 35.5. The van der Waals surface area contributed by atoms with Gasteiger partial charge in [0.25, 0.3) is 11.8 Å². The van der Waals surface area contributed by atoms with Gasteiger partial charge in [-0.1, -0.05) is 17.7 Å². The van der Waals surface area contributed by atoms with Gasteiger partial charge in [-0.15, -0.1) is 0 Å². The summed E-state index contributed by atoms with van der Waals surface area (Å²) in [6.07, 6.45) is 1.42. The van der Waals surface area contributed by atoms with Crippen LogP contribution in [0.1, 0.15) is 26.4 Å². The summed E-state index contributed by atoms with van der Waals surface area (Å²) in [5, 5.41) is 3.23. The Morgan fingerprint density at radius 2 is 1.96 bits per heavy atom. The number of hydrogen-bond acceptors (Lipinski definition) is 4. The van der Waals surface area contributed by atoms with Crippen molar-refractivity contribution < 1.29 is 14.3 Å². The number of amides is 2. The second kappa shape index (κ2) is 7.63. The first-order valence-corrected chi connectivity index (χ1v) is 8.33. The second-order valence-corrected chi connectivity index (χ2v) is 6.19. The smallest absolute Gasteiger partial charge is 0.274 e. The van der Waals surface area contributed by atoms with Crippen molar-refractivity contribution in [3.8, 4) is 0 Å². The molecule has 1 N–H and O–H groups in total. The third-order valence-electron chi connectivity index (χ3n) is 3.98. The molecule has 130 valence electrons. The highest BCUT2D eigenvalue weighted by Gasteiger charge is 2.20. The van der Waals surface area contributed by atoms with Gasteiger partial charge in [-0.05, 0) is 36.8 Å². The molecule has 6 nitrogen and oxygen atoms in total. The summed E-state index contributed by atoms with van der Waals surface area (Å²) >= 11 is 5.78. The van der Waals surface area contributed by atoms with Crippen LogP contribution in [0.3, 0.4) is 0 Å². The lowest BCUT2D eigenvalue weighted by Crippen LogP contribution is -2.41. The molecule has 1 aliphatic heterocycles. The number of aromatic nitrogens is 1. The van der Waals surface area contributed by atoms with E-state index in [9.17, 15) is 9.59 Å². The van der Waals surface area contributed by atoms with Gasteiger partial charge >= 0.3 is 0 Å². The minimum atomic E-state index is -0.356. The topological polar surface area (TPSA) is 71.5 Å². The summed E-state index contributed by atoms with van der Waals surface area (Å²) in [5.74, 6) is -0.410. The molecule has 1 aromatic heterocycles. The Bertz CT molecular complexity index is 787. The van der Waals surface area contributed by atoms with Crippen LogP contribution in [-0.2, 0) is 4.74 Å². The lowest BCUT2D eigenvalue weighted by molar-refractivity contribution is 0.0302. The Labute approximate surface area is 150 Å². The number of carbonyl (C=O) groups excluding carboxylic acids is 2. The fourth-order valence-electron chi connectivity index (χ4n) is 2.57. The quantitative estimate of drug-likeness (QED) is 0.914. The summed E-state index contributed by atoms with van der Waals surface area (Å²) in [5.41, 5.74) is 2.23. The zero-order valence-corrected chi connectivity index (χ0v) is 14.5. The number of morpholine rings is 1. The Hall–Kier alpha value is -2.44. The van der Waals surface area contributed by atoms with Crippen LogP contribution >= 0.6 is 11.6 Å². The molecule has 25 heavy (non-hydrogen) atoms. The molecule has 0 unspecified atom stereocenters. The second-order valence-electron chi connectivity index (χ2n) is 5.75. The molecule has 7 heteroatoms. The van der Waals surface area contributed by atoms with Crippen molar-refractivity contribution in [3.05, 3.63) is 58.4 Å². The number of aryl methyl sites for hydroxylation is 1. The average molecular weight is 360 g/mol. The maximum Gasteiger partial charge on any atom is 0.274 e. The molecule has 1 fully saturated rings. The molecule has 0 saturated carbocycles. The highest BCUT2D eigenvalue weighted by molar-refractivity contribution is 6.30. The van der Waals surface area contributed by atoms with Crippen molar-refractivity contribution in [1.29, 1.82) is 0 Å². The number of halogens is 1. The maximum atomic E-state index is 12.7. The molecule has 1 aromatic carbocycles. The summed E-state index contributed by atoms with van der Waals surface area (Å²) in [6, 6.07) is 8.43. The lowest BCUT2D eigenvalue weighted by Gasteiger charge is -2.27. The molecular weight excluding hydrogens is 342 g/mol. The molecule has 3 rings (SSSR count). The van der Waals surface area contributed by atoms with Gasteiger partial charge in [0, 0.05) is 30.5 Å². The van der Waals surface area contributed by atoms with Gasteiger partial charge in [0.05, 0.1) is 18.2 Å². The van der Waals surface area contributed by atoms with Crippen molar-refractivity contribution in [1.82, 2.24) is 9.88 Å². The van der Waals surface area contributed by atoms with Gasteiger partial charge in [-0.3, -0.25) is 9.59 Å². The molecule has 0 atom stereocenters. The van der Waals surface area contributed by atoms with Gasteiger partial charge < -0.3 is 15.0 Å². The molecule has 2 aromatic rings. The standard InChI is InChI=1S/C18H18ClN3O3/c1-12-2-4-14(21-17(23)16-5-3-13(19)11-20-16)10-15(12)18(24)22-6-8-25-9-7-22/h2-5,10-11H,6-9H2,1H3,(H,21,23). The molecule has 0 radical (unpaired) electrons. The largest absolute Gasteiger partial charge is 0.378 e. The molecule has 0 spiro atoms. The number of ether oxygens (including phenoxy) is 1. The normalized spacial score (nSPS) is 14.2. The summed E-state index contributed by atoms with van der Waals surface area (Å²) in [7, 11) is 0. The Morgan fingerprint density at radius 1 is 1.20 bits per heavy atom. The number of hydrogen-bond donors (Lipinski definition) is 1. The predicted molar refractivity (Wildman–Crippen MR) is 95.1 cm³/mol. The number of nitrogens with zero attached hydrogens (tertiary/aromatic N) is 2. The number of benzene rings is 1. The van der Waals surface area contributed by atoms with E-state index in [0.29, 0.717) is 42.6 Å². The number of rotatable bonds is 3. The van der Waals surface area contributed by atoms with E-state index in [2.05, 4.69) is 10.3 Å². The SMILES string of the molecule is Cc1ccc(NC(=O)c2ccc(Cl)cn2)cc1C(=O)N1CCOCC1. The van der Waals surface area contributed by atoms with Crippen molar-refractivity contribution in [2.24, 2.45) is 0 Å². The average Bonchev–Trinajstić information content (AvgIpc) is 2.64. The van der Waals surface area contributed by atoms with Crippen LogP contribution < -0.4 is 5.32 Å². The van der Waals surface area contributed by atoms with Gasteiger partial charge in [-0.2, -0.15) is 0 Å². The van der Waals surface area contributed by atoms with Crippen LogP contribution in [0.5, 0.6) is 0 Å². The highest BCUT2D eigenvalue weighted by Crippen LogP contribution is 2.19. The van der Waals surface area contributed by atoms with E-state index in [1.54, 1.807) is 29.2 Å². The van der Waals surface area contributed by atoms with E-state index in [1.807, 2.05) is 13.0 Å². The molecule has 1 saturated heterocycles. The minimum Gasteiger partial charge on any atom is -0.378 e. The first kappa shape index (κ1) is 17.4. The zero-order chi connectivity index (χ0) is 17.8. The van der Waals surface area contributed by atoms with Gasteiger partial charge in [0.15, 0.2) is 0 Å². The maximum absolute atomic E-state index is 12.7. The number of carbonyl (C=O) groups is 2. The van der Waals surface area contributed by atoms with E-state index in [0.717, 1.165) is 5.56 Å². The first-order chi connectivity index (χ1) is 12.0. The fourth-order valence-corrected chi connectivity index (χ4v) is 2.68. The Balaban J connectivity index is 1.77. The summed E-state index contributed by atoms with van der Waals surface area (Å²) in [4.78, 5) is 30.7. The van der Waals surface area contributed by atoms with Crippen LogP contribution in [0.15, 0.2) is 36.5 Å². The summed E-state index contributed by atoms with van der Waals surface area (Å²) in [6.45, 7) is 4.11. The van der Waals surface area contributed by atoms with E-state index >= 15 is 0 Å². The molecule has 2 amide bonds. The van der Waals surface area contributed by atoms with Gasteiger partial charge in [0.2, 0.25) is 0 Å². The van der Waals surface area contributed by atoms with E-state index < -0.39 is 0 Å². The number of nitrogens with one attached hydrogen (secondary N) is 1. The van der Waals surface area contributed by atoms with Crippen molar-refractivity contribution >= 4 is 29.1 Å². The number of anilines is 1. The Morgan fingerprint density at radius 3 is 2.64 bits per heavy atom. The summed E-state index contributed by atoms with van der Waals surface area (Å²) < 4.78 is 5.28. The molecular formula is C18H18ClN3O3. The lowest BCUT2D eigenvalue weighted by atomic mass is 10.1. The van der Waals surface area contributed by atoms with E-state index in [-0.39, 0.29) is 17.5 Å². The molecule has 1 aliphatic rings. The van der Waals surface area contributed by atoms with E-state index in [1.165, 1.54) is 6.20 Å². The molecule has 2 heterocycles. The van der Waals surface area contributed by atoms with Crippen LogP contribution in [0, 0.1) is 6.92 Å². The van der Waals surface area contributed by atoms with Crippen LogP contribution in [0.2, 0.25) is 5.02 Å². The third-order valence-corrected chi connectivity index (χ3v) is 4.21. The predicted octanol–water partition coefficient (Wildman–Crippen LogP) is 2.77. The van der Waals surface area contributed by atoms with Crippen molar-refractivity contribution in [3.63, 3.8) is 0 Å². The van der Waals surface area contributed by atoms with Crippen molar-refractivity contribution in [2.75, 3.05) is 31.6 Å². The third kappa shape index (κ3) is 4.15. The van der Waals surface area contributed by atoms with E-state index in [4.69, 9.17) is 16.3 Å². The van der Waals surface area contributed by atoms with Crippen LogP contribution in [0.4, 0.5) is 5.69 Å². The van der Waals surface area contributed by atoms with Crippen LogP contribution in [-0.4, -0.2) is 48.0 Å². The molecule has 0 aliphatic carbocycles. The fraction of sp³-hybridized carbons (Fsp3) is 0.278. The molecule has 0 bridgehead atoms. The number of pyridine rings is 1. The Kier molecular flexibility index (Phi) is 5.31. The monoisotopic (exact) mass is 359 g/mol. The van der Waals surface area contributed by atoms with Crippen molar-refractivity contribution in [2.45, 2.75) is 6.92 Å². The first-order valence-electron chi connectivity index (χ1n) is 7.95.